The molecule has 0 amide bonds. The maximum Gasteiger partial charge on any atom is 0.126 e. The summed E-state index contributed by atoms with van der Waals surface area (Å²) >= 11 is 0. The molecule has 0 bridgehead atoms. The highest BCUT2D eigenvalue weighted by atomic mass is 19.1. The minimum Gasteiger partial charge on any atom is -0.207 e. The van der Waals surface area contributed by atoms with Crippen LogP contribution in [-0.2, 0) is 12.8 Å². The van der Waals surface area contributed by atoms with Crippen molar-refractivity contribution in [2.75, 3.05) is 0 Å². The Kier molecular flexibility index (Phi) is 2.52. The van der Waals surface area contributed by atoms with Crippen LogP contribution in [0.3, 0.4) is 0 Å². The quantitative estimate of drug-likeness (QED) is 0.723. The van der Waals surface area contributed by atoms with Gasteiger partial charge in [-0.15, -0.1) is 0 Å². The first kappa shape index (κ1) is 10.3. The Labute approximate surface area is 100 Å². The highest BCUT2D eigenvalue weighted by molar-refractivity contribution is 5.74. The third-order valence-electron chi connectivity index (χ3n) is 3.27. The Balaban J connectivity index is 1.92. The number of hydrogen-bond donors (Lipinski definition) is 0. The lowest BCUT2D eigenvalue weighted by atomic mass is 9.99. The fourth-order valence-electron chi connectivity index (χ4n) is 2.37. The predicted octanol–water partition coefficient (Wildman–Crippen LogP) is 4.01. The summed E-state index contributed by atoms with van der Waals surface area (Å²) in [5.74, 6) is -0.113. The molecule has 2 aromatic rings. The van der Waals surface area contributed by atoms with E-state index in [-0.39, 0.29) is 5.82 Å². The molecule has 0 fully saturated rings. The van der Waals surface area contributed by atoms with Gasteiger partial charge < -0.3 is 0 Å². The summed E-state index contributed by atoms with van der Waals surface area (Å²) in [5, 5.41) is 0. The Hall–Kier alpha value is -1.89. The minimum atomic E-state index is -0.113. The van der Waals surface area contributed by atoms with Crippen molar-refractivity contribution < 1.29 is 4.39 Å². The van der Waals surface area contributed by atoms with Gasteiger partial charge >= 0.3 is 0 Å². The highest BCUT2D eigenvalue weighted by Crippen LogP contribution is 2.30. The maximum absolute atomic E-state index is 13.6. The van der Waals surface area contributed by atoms with Crippen molar-refractivity contribution in [2.24, 2.45) is 0 Å². The summed E-state index contributed by atoms with van der Waals surface area (Å²) in [5.41, 5.74) is 4.63. The van der Waals surface area contributed by atoms with Crippen molar-refractivity contribution in [1.29, 1.82) is 0 Å². The van der Waals surface area contributed by atoms with Gasteiger partial charge in [0.1, 0.15) is 5.82 Å². The van der Waals surface area contributed by atoms with Crippen LogP contribution in [0.4, 0.5) is 4.39 Å². The number of benzene rings is 2. The first-order valence-corrected chi connectivity index (χ1v) is 5.85. The van der Waals surface area contributed by atoms with Crippen LogP contribution in [0.15, 0.2) is 54.6 Å². The molecule has 0 aromatic heterocycles. The van der Waals surface area contributed by atoms with Gasteiger partial charge in [-0.05, 0) is 34.8 Å². The van der Waals surface area contributed by atoms with Crippen LogP contribution in [-0.4, -0.2) is 0 Å². The molecule has 0 unspecified atom stereocenters. The molecule has 1 heteroatoms. The molecule has 0 atom stereocenters. The van der Waals surface area contributed by atoms with E-state index in [0.29, 0.717) is 6.42 Å². The van der Waals surface area contributed by atoms with Crippen molar-refractivity contribution in [3.8, 4) is 0 Å². The zero-order chi connectivity index (χ0) is 11.7. The van der Waals surface area contributed by atoms with Crippen molar-refractivity contribution >= 4 is 5.57 Å². The number of fused-ring (bicyclic) bond motifs is 1. The van der Waals surface area contributed by atoms with E-state index in [0.717, 1.165) is 12.0 Å². The van der Waals surface area contributed by atoms with E-state index in [2.05, 4.69) is 24.3 Å². The van der Waals surface area contributed by atoms with E-state index < -0.39 is 0 Å². The Morgan fingerprint density at radius 1 is 0.941 bits per heavy atom. The van der Waals surface area contributed by atoms with E-state index >= 15 is 0 Å². The normalized spacial score (nSPS) is 13.4. The molecular formula is C16H13F. The smallest absolute Gasteiger partial charge is 0.126 e. The average Bonchev–Trinajstić information content (AvgIpc) is 2.76. The molecule has 84 valence electrons. The van der Waals surface area contributed by atoms with Crippen LogP contribution in [0.1, 0.15) is 16.7 Å². The number of rotatable bonds is 2. The van der Waals surface area contributed by atoms with Crippen LogP contribution in [0.5, 0.6) is 0 Å². The fraction of sp³-hybridized carbons (Fsp3) is 0.125. The van der Waals surface area contributed by atoms with Gasteiger partial charge in [-0.25, -0.2) is 4.39 Å². The van der Waals surface area contributed by atoms with Crippen molar-refractivity contribution in [3.05, 3.63) is 77.1 Å². The molecule has 0 saturated heterocycles. The Morgan fingerprint density at radius 2 is 1.71 bits per heavy atom. The van der Waals surface area contributed by atoms with Crippen LogP contribution in [0.2, 0.25) is 0 Å². The summed E-state index contributed by atoms with van der Waals surface area (Å²) in [4.78, 5) is 0. The second-order valence-electron chi connectivity index (χ2n) is 4.36. The van der Waals surface area contributed by atoms with Crippen molar-refractivity contribution in [3.63, 3.8) is 0 Å². The molecule has 17 heavy (non-hydrogen) atoms. The van der Waals surface area contributed by atoms with Gasteiger partial charge in [-0.2, -0.15) is 0 Å². The van der Waals surface area contributed by atoms with E-state index in [1.165, 1.54) is 22.8 Å². The lowest BCUT2D eigenvalue weighted by molar-refractivity contribution is 0.615. The summed E-state index contributed by atoms with van der Waals surface area (Å²) in [6.45, 7) is 0. The SMILES string of the molecule is Fc1ccccc1CC1=CCc2ccccc21. The molecule has 3 rings (SSSR count). The summed E-state index contributed by atoms with van der Waals surface area (Å²) in [6.07, 6.45) is 3.86. The lowest BCUT2D eigenvalue weighted by Crippen LogP contribution is -1.92. The molecule has 0 spiro atoms. The zero-order valence-corrected chi connectivity index (χ0v) is 9.49. The first-order valence-electron chi connectivity index (χ1n) is 5.85. The van der Waals surface area contributed by atoms with Crippen LogP contribution < -0.4 is 0 Å². The summed E-state index contributed by atoms with van der Waals surface area (Å²) in [7, 11) is 0. The van der Waals surface area contributed by atoms with Crippen molar-refractivity contribution in [1.82, 2.24) is 0 Å². The molecule has 1 aliphatic rings. The molecule has 0 aliphatic heterocycles. The highest BCUT2D eigenvalue weighted by Gasteiger charge is 2.14. The summed E-state index contributed by atoms with van der Waals surface area (Å²) < 4.78 is 13.6. The molecule has 0 nitrogen and oxygen atoms in total. The van der Waals surface area contributed by atoms with Crippen LogP contribution in [0.25, 0.3) is 5.57 Å². The first-order chi connectivity index (χ1) is 8.34. The molecule has 0 radical (unpaired) electrons. The standard InChI is InChI=1S/C16H13F/c17-16-8-4-2-6-14(16)11-13-10-9-12-5-1-3-7-15(12)13/h1-8,10H,9,11H2. The largest absolute Gasteiger partial charge is 0.207 e. The lowest BCUT2D eigenvalue weighted by Gasteiger charge is -2.06. The van der Waals surface area contributed by atoms with Crippen LogP contribution in [0, 0.1) is 5.82 Å². The van der Waals surface area contributed by atoms with E-state index in [1.807, 2.05) is 18.2 Å². The monoisotopic (exact) mass is 224 g/mol. The maximum atomic E-state index is 13.6. The second kappa shape index (κ2) is 4.17. The number of allylic oxidation sites excluding steroid dienone is 2. The predicted molar refractivity (Wildman–Crippen MR) is 68.2 cm³/mol. The average molecular weight is 224 g/mol. The van der Waals surface area contributed by atoms with Gasteiger partial charge in [0.25, 0.3) is 0 Å². The molecular weight excluding hydrogens is 211 g/mol. The third-order valence-corrected chi connectivity index (χ3v) is 3.27. The summed E-state index contributed by atoms with van der Waals surface area (Å²) in [6, 6.07) is 15.4. The molecule has 0 saturated carbocycles. The molecule has 2 aromatic carbocycles. The molecule has 0 heterocycles. The van der Waals surface area contributed by atoms with Gasteiger partial charge in [-0.3, -0.25) is 0 Å². The van der Waals surface area contributed by atoms with Gasteiger partial charge in [-0.1, -0.05) is 48.5 Å². The minimum absolute atomic E-state index is 0.113. The fourth-order valence-corrected chi connectivity index (χ4v) is 2.37. The van der Waals surface area contributed by atoms with Crippen molar-refractivity contribution in [2.45, 2.75) is 12.8 Å². The third kappa shape index (κ3) is 1.89. The van der Waals surface area contributed by atoms with Gasteiger partial charge in [0, 0.05) is 6.42 Å². The zero-order valence-electron chi connectivity index (χ0n) is 9.49. The van der Waals surface area contributed by atoms with Gasteiger partial charge in [0.05, 0.1) is 0 Å². The Bertz CT molecular complexity index is 582. The van der Waals surface area contributed by atoms with E-state index in [9.17, 15) is 4.39 Å². The topological polar surface area (TPSA) is 0 Å². The molecule has 0 N–H and O–H groups in total. The Morgan fingerprint density at radius 3 is 2.59 bits per heavy atom. The number of halogens is 1. The van der Waals surface area contributed by atoms with E-state index in [4.69, 9.17) is 0 Å². The second-order valence-corrected chi connectivity index (χ2v) is 4.36. The molecule has 1 aliphatic carbocycles. The van der Waals surface area contributed by atoms with E-state index in [1.54, 1.807) is 6.07 Å². The number of hydrogen-bond acceptors (Lipinski definition) is 0. The van der Waals surface area contributed by atoms with Gasteiger partial charge in [0.15, 0.2) is 0 Å². The van der Waals surface area contributed by atoms with Crippen LogP contribution >= 0.6 is 0 Å². The van der Waals surface area contributed by atoms with Gasteiger partial charge in [0.2, 0.25) is 0 Å².